The number of amides is 1. The fraction of sp³-hybridized carbons (Fsp3) is 0.667. The van der Waals surface area contributed by atoms with Gasteiger partial charge in [-0.2, -0.15) is 0 Å². The predicted molar refractivity (Wildman–Crippen MR) is 68.9 cm³/mol. The van der Waals surface area contributed by atoms with E-state index >= 15 is 0 Å². The number of aromatic nitrogens is 1. The van der Waals surface area contributed by atoms with Gasteiger partial charge in [0.25, 0.3) is 5.91 Å². The van der Waals surface area contributed by atoms with E-state index in [9.17, 15) is 9.90 Å². The minimum atomic E-state index is -0.594. The lowest BCUT2D eigenvalue weighted by Gasteiger charge is -2.15. The molecule has 18 heavy (non-hydrogen) atoms. The zero-order valence-electron chi connectivity index (χ0n) is 10.8. The summed E-state index contributed by atoms with van der Waals surface area (Å²) < 4.78 is 5.41. The summed E-state index contributed by atoms with van der Waals surface area (Å²) in [6.07, 6.45) is -0.864. The van der Waals surface area contributed by atoms with Gasteiger partial charge in [-0.1, -0.05) is 0 Å². The molecule has 0 bridgehead atoms. The topological polar surface area (TPSA) is 62.7 Å². The Balaban J connectivity index is 2.09. The molecule has 1 N–H and O–H groups in total. The Kier molecular flexibility index (Phi) is 3.99. The van der Waals surface area contributed by atoms with Gasteiger partial charge in [-0.15, -0.1) is 11.3 Å². The van der Waals surface area contributed by atoms with Crippen LogP contribution in [0.25, 0.3) is 0 Å². The molecular formula is C12H18N2O3S. The van der Waals surface area contributed by atoms with Gasteiger partial charge in [0.1, 0.15) is 11.0 Å². The van der Waals surface area contributed by atoms with E-state index in [0.29, 0.717) is 24.6 Å². The number of nitrogens with zero attached hydrogens (tertiary/aromatic N) is 2. The van der Waals surface area contributed by atoms with E-state index in [0.717, 1.165) is 10.7 Å². The summed E-state index contributed by atoms with van der Waals surface area (Å²) in [6.45, 7) is 6.93. The third-order valence-corrected chi connectivity index (χ3v) is 4.06. The first-order valence-corrected chi connectivity index (χ1v) is 6.87. The second-order valence-electron chi connectivity index (χ2n) is 4.42. The molecule has 1 aromatic heterocycles. The molecule has 1 amide bonds. The number of aryl methyl sites for hydroxylation is 2. The number of aliphatic hydroxyl groups excluding tert-OH is 1. The molecule has 0 unspecified atom stereocenters. The second-order valence-corrected chi connectivity index (χ2v) is 5.62. The highest BCUT2D eigenvalue weighted by Gasteiger charge is 2.35. The number of carbonyl (C=O) groups excluding carboxylic acids is 1. The van der Waals surface area contributed by atoms with E-state index in [2.05, 4.69) is 4.98 Å². The van der Waals surface area contributed by atoms with Gasteiger partial charge in [0, 0.05) is 19.7 Å². The summed E-state index contributed by atoms with van der Waals surface area (Å²) in [6, 6.07) is 0. The molecule has 0 radical (unpaired) electrons. The van der Waals surface area contributed by atoms with Crippen molar-refractivity contribution in [3.63, 3.8) is 0 Å². The molecule has 2 rings (SSSR count). The van der Waals surface area contributed by atoms with Crippen molar-refractivity contribution in [3.05, 3.63) is 15.6 Å². The van der Waals surface area contributed by atoms with Crippen molar-refractivity contribution < 1.29 is 14.6 Å². The Morgan fingerprint density at radius 3 is 2.83 bits per heavy atom. The van der Waals surface area contributed by atoms with Gasteiger partial charge in [-0.3, -0.25) is 4.79 Å². The van der Waals surface area contributed by atoms with Crippen LogP contribution in [0.5, 0.6) is 0 Å². The summed E-state index contributed by atoms with van der Waals surface area (Å²) >= 11 is 1.40. The van der Waals surface area contributed by atoms with Crippen LogP contribution in [0.1, 0.15) is 27.3 Å². The highest BCUT2D eigenvalue weighted by molar-refractivity contribution is 7.13. The molecule has 0 aromatic carbocycles. The zero-order valence-corrected chi connectivity index (χ0v) is 11.7. The SMILES string of the molecule is CCO[C@H]1CN(C(=O)c2sc(C)nc2C)C[C@@H]1O. The average molecular weight is 270 g/mol. The summed E-state index contributed by atoms with van der Waals surface area (Å²) in [4.78, 5) is 18.9. The molecule has 1 fully saturated rings. The monoisotopic (exact) mass is 270 g/mol. The summed E-state index contributed by atoms with van der Waals surface area (Å²) in [5.41, 5.74) is 0.761. The predicted octanol–water partition coefficient (Wildman–Crippen LogP) is 0.982. The first-order chi connectivity index (χ1) is 8.52. The van der Waals surface area contributed by atoms with Crippen LogP contribution in [0.4, 0.5) is 0 Å². The standard InChI is InChI=1S/C12H18N2O3S/c1-4-17-10-6-14(5-9(10)15)12(16)11-7(2)13-8(3)18-11/h9-10,15H,4-6H2,1-3H3/t9-,10-/m0/s1. The fourth-order valence-electron chi connectivity index (χ4n) is 2.17. The van der Waals surface area contributed by atoms with Crippen LogP contribution in [0, 0.1) is 13.8 Å². The van der Waals surface area contributed by atoms with Gasteiger partial charge < -0.3 is 14.7 Å². The average Bonchev–Trinajstić information content (AvgIpc) is 2.83. The maximum Gasteiger partial charge on any atom is 0.266 e. The van der Waals surface area contributed by atoms with Gasteiger partial charge in [-0.25, -0.2) is 4.98 Å². The molecule has 6 heteroatoms. The van der Waals surface area contributed by atoms with E-state index in [-0.39, 0.29) is 12.0 Å². The Morgan fingerprint density at radius 2 is 2.28 bits per heavy atom. The maximum absolute atomic E-state index is 12.3. The van der Waals surface area contributed by atoms with Crippen LogP contribution < -0.4 is 0 Å². The molecule has 0 aliphatic carbocycles. The number of likely N-dealkylation sites (tertiary alicyclic amines) is 1. The van der Waals surface area contributed by atoms with Crippen molar-refractivity contribution in [1.29, 1.82) is 0 Å². The van der Waals surface area contributed by atoms with Crippen molar-refractivity contribution in [2.24, 2.45) is 0 Å². The number of thiazole rings is 1. The zero-order chi connectivity index (χ0) is 13.3. The van der Waals surface area contributed by atoms with Crippen molar-refractivity contribution in [3.8, 4) is 0 Å². The van der Waals surface area contributed by atoms with E-state index in [1.165, 1.54) is 11.3 Å². The number of β-amino-alcohol motifs (C(OH)–C–C–N with tert-alkyl or cyclic N) is 1. The Morgan fingerprint density at radius 1 is 1.56 bits per heavy atom. The smallest absolute Gasteiger partial charge is 0.266 e. The molecule has 0 spiro atoms. The van der Waals surface area contributed by atoms with Crippen LogP contribution in [-0.2, 0) is 4.74 Å². The first-order valence-electron chi connectivity index (χ1n) is 6.06. The molecule has 1 aliphatic heterocycles. The summed E-state index contributed by atoms with van der Waals surface area (Å²) in [5, 5.41) is 10.7. The fourth-order valence-corrected chi connectivity index (χ4v) is 3.06. The van der Waals surface area contributed by atoms with E-state index < -0.39 is 6.10 Å². The number of hydrogen-bond donors (Lipinski definition) is 1. The van der Waals surface area contributed by atoms with Crippen molar-refractivity contribution in [2.75, 3.05) is 19.7 Å². The van der Waals surface area contributed by atoms with Crippen LogP contribution in [0.3, 0.4) is 0 Å². The summed E-state index contributed by atoms with van der Waals surface area (Å²) in [7, 11) is 0. The van der Waals surface area contributed by atoms with Gasteiger partial charge in [0.05, 0.1) is 16.8 Å². The third kappa shape index (κ3) is 2.55. The minimum absolute atomic E-state index is 0.0562. The van der Waals surface area contributed by atoms with Crippen LogP contribution in [0.15, 0.2) is 0 Å². The minimum Gasteiger partial charge on any atom is -0.388 e. The summed E-state index contributed by atoms with van der Waals surface area (Å²) in [5.74, 6) is -0.0562. The van der Waals surface area contributed by atoms with Crippen molar-refractivity contribution >= 4 is 17.2 Å². The normalized spacial score (nSPS) is 23.7. The Hall–Kier alpha value is -0.980. The van der Waals surface area contributed by atoms with Crippen LogP contribution >= 0.6 is 11.3 Å². The molecule has 2 heterocycles. The van der Waals surface area contributed by atoms with Crippen LogP contribution in [0.2, 0.25) is 0 Å². The molecule has 1 saturated heterocycles. The molecule has 100 valence electrons. The molecule has 0 saturated carbocycles. The lowest BCUT2D eigenvalue weighted by molar-refractivity contribution is -0.00237. The van der Waals surface area contributed by atoms with E-state index in [1.807, 2.05) is 20.8 Å². The number of hydrogen-bond acceptors (Lipinski definition) is 5. The number of ether oxygens (including phenoxy) is 1. The number of aliphatic hydroxyl groups is 1. The van der Waals surface area contributed by atoms with Crippen molar-refractivity contribution in [2.45, 2.75) is 33.0 Å². The van der Waals surface area contributed by atoms with E-state index in [1.54, 1.807) is 4.90 Å². The number of rotatable bonds is 3. The molecule has 1 aromatic rings. The van der Waals surface area contributed by atoms with Gasteiger partial charge in [0.2, 0.25) is 0 Å². The molecular weight excluding hydrogens is 252 g/mol. The highest BCUT2D eigenvalue weighted by atomic mass is 32.1. The highest BCUT2D eigenvalue weighted by Crippen LogP contribution is 2.22. The lowest BCUT2D eigenvalue weighted by Crippen LogP contribution is -2.30. The molecule has 1 aliphatic rings. The number of carbonyl (C=O) groups is 1. The van der Waals surface area contributed by atoms with Crippen molar-refractivity contribution in [1.82, 2.24) is 9.88 Å². The third-order valence-electron chi connectivity index (χ3n) is 3.00. The van der Waals surface area contributed by atoms with Crippen LogP contribution in [-0.4, -0.2) is 52.8 Å². The lowest BCUT2D eigenvalue weighted by atomic mass is 10.3. The first kappa shape index (κ1) is 13.5. The largest absolute Gasteiger partial charge is 0.388 e. The Labute approximate surface area is 110 Å². The Bertz CT molecular complexity index is 447. The molecule has 2 atom stereocenters. The maximum atomic E-state index is 12.3. The second kappa shape index (κ2) is 5.34. The quantitative estimate of drug-likeness (QED) is 0.889. The van der Waals surface area contributed by atoms with Gasteiger partial charge in [-0.05, 0) is 20.8 Å². The van der Waals surface area contributed by atoms with Gasteiger partial charge in [0.15, 0.2) is 0 Å². The van der Waals surface area contributed by atoms with E-state index in [4.69, 9.17) is 4.74 Å². The molecule has 5 nitrogen and oxygen atoms in total. The van der Waals surface area contributed by atoms with Gasteiger partial charge >= 0.3 is 0 Å².